The summed E-state index contributed by atoms with van der Waals surface area (Å²) in [6, 6.07) is 7.76. The Morgan fingerprint density at radius 1 is 1.30 bits per heavy atom. The van der Waals surface area contributed by atoms with Gasteiger partial charge in [-0.1, -0.05) is 19.1 Å². The van der Waals surface area contributed by atoms with Crippen LogP contribution in [0.4, 0.5) is 0 Å². The van der Waals surface area contributed by atoms with E-state index < -0.39 is 0 Å². The molecule has 0 N–H and O–H groups in total. The molecule has 1 aromatic rings. The third-order valence-electron chi connectivity index (χ3n) is 4.11. The Balaban J connectivity index is 2.16. The normalized spacial score (nSPS) is 27.1. The number of piperidine rings is 1. The molecule has 0 aliphatic carbocycles. The molecule has 3 atom stereocenters. The number of methoxy groups -OCH3 is 1. The van der Waals surface area contributed by atoms with E-state index in [2.05, 4.69) is 25.8 Å². The second-order valence-corrected chi connectivity index (χ2v) is 5.65. The molecule has 0 saturated carbocycles. The van der Waals surface area contributed by atoms with Crippen LogP contribution in [-0.4, -0.2) is 43.7 Å². The lowest BCUT2D eigenvalue weighted by molar-refractivity contribution is 0.0319. The first kappa shape index (κ1) is 14.9. The molecule has 4 heteroatoms. The average Bonchev–Trinajstić information content (AvgIpc) is 2.44. The molecular weight excluding hydrogens is 254 g/mol. The molecule has 0 amide bonds. The number of ether oxygens (including phenoxy) is 2. The Labute approximate surface area is 120 Å². The van der Waals surface area contributed by atoms with E-state index in [0.29, 0.717) is 23.3 Å². The van der Waals surface area contributed by atoms with E-state index in [1.165, 1.54) is 7.11 Å². The van der Waals surface area contributed by atoms with Crippen LogP contribution >= 0.6 is 0 Å². The maximum atomic E-state index is 11.8. The van der Waals surface area contributed by atoms with Crippen LogP contribution < -0.4 is 4.74 Å². The zero-order valence-corrected chi connectivity index (χ0v) is 12.6. The highest BCUT2D eigenvalue weighted by molar-refractivity contribution is 5.92. The Kier molecular flexibility index (Phi) is 4.65. The number of carbonyl (C=O) groups is 1. The molecule has 1 saturated heterocycles. The van der Waals surface area contributed by atoms with Crippen molar-refractivity contribution in [1.82, 2.24) is 4.90 Å². The molecule has 0 aromatic heterocycles. The number of para-hydroxylation sites is 1. The van der Waals surface area contributed by atoms with Crippen LogP contribution in [0.25, 0.3) is 0 Å². The maximum Gasteiger partial charge on any atom is 0.341 e. The first-order valence-corrected chi connectivity index (χ1v) is 7.07. The van der Waals surface area contributed by atoms with Gasteiger partial charge >= 0.3 is 5.97 Å². The lowest BCUT2D eigenvalue weighted by Crippen LogP contribution is -2.47. The van der Waals surface area contributed by atoms with E-state index >= 15 is 0 Å². The van der Waals surface area contributed by atoms with Crippen LogP contribution in [-0.2, 0) is 4.74 Å². The SMILES string of the molecule is COC(=O)c1ccccc1OC1CC(C)N(C)CC1C. The summed E-state index contributed by atoms with van der Waals surface area (Å²) in [6.07, 6.45) is 1.10. The molecule has 0 spiro atoms. The second kappa shape index (κ2) is 6.27. The second-order valence-electron chi connectivity index (χ2n) is 5.65. The van der Waals surface area contributed by atoms with E-state index in [1.807, 2.05) is 18.2 Å². The molecule has 3 unspecified atom stereocenters. The topological polar surface area (TPSA) is 38.8 Å². The zero-order valence-electron chi connectivity index (χ0n) is 12.6. The van der Waals surface area contributed by atoms with E-state index in [9.17, 15) is 4.79 Å². The minimum atomic E-state index is -0.353. The summed E-state index contributed by atoms with van der Waals surface area (Å²) >= 11 is 0. The summed E-state index contributed by atoms with van der Waals surface area (Å²) in [4.78, 5) is 14.1. The van der Waals surface area contributed by atoms with Crippen molar-refractivity contribution in [2.75, 3.05) is 20.7 Å². The smallest absolute Gasteiger partial charge is 0.341 e. The predicted octanol–water partition coefficient (Wildman–Crippen LogP) is 2.58. The number of likely N-dealkylation sites (tertiary alicyclic amines) is 1. The van der Waals surface area contributed by atoms with Crippen molar-refractivity contribution in [2.45, 2.75) is 32.4 Å². The van der Waals surface area contributed by atoms with Gasteiger partial charge in [-0.2, -0.15) is 0 Å². The maximum absolute atomic E-state index is 11.8. The minimum Gasteiger partial charge on any atom is -0.489 e. The van der Waals surface area contributed by atoms with Gasteiger partial charge in [0.05, 0.1) is 7.11 Å². The summed E-state index contributed by atoms with van der Waals surface area (Å²) in [6.45, 7) is 5.40. The monoisotopic (exact) mass is 277 g/mol. The molecule has 0 radical (unpaired) electrons. The van der Waals surface area contributed by atoms with Crippen LogP contribution in [0.1, 0.15) is 30.6 Å². The Hall–Kier alpha value is -1.55. The van der Waals surface area contributed by atoms with Crippen molar-refractivity contribution in [1.29, 1.82) is 0 Å². The first-order valence-electron chi connectivity index (χ1n) is 7.07. The van der Waals surface area contributed by atoms with Crippen molar-refractivity contribution in [2.24, 2.45) is 5.92 Å². The van der Waals surface area contributed by atoms with Gasteiger partial charge in [0.2, 0.25) is 0 Å². The van der Waals surface area contributed by atoms with Crippen LogP contribution in [0.5, 0.6) is 5.75 Å². The van der Waals surface area contributed by atoms with Gasteiger partial charge in [0.1, 0.15) is 17.4 Å². The van der Waals surface area contributed by atoms with Gasteiger partial charge in [-0.05, 0) is 32.5 Å². The summed E-state index contributed by atoms with van der Waals surface area (Å²) in [5.74, 6) is 0.698. The average molecular weight is 277 g/mol. The van der Waals surface area contributed by atoms with Gasteiger partial charge in [0, 0.05) is 18.5 Å². The van der Waals surface area contributed by atoms with Crippen molar-refractivity contribution in [3.05, 3.63) is 29.8 Å². The fourth-order valence-corrected chi connectivity index (χ4v) is 2.68. The van der Waals surface area contributed by atoms with Gasteiger partial charge in [-0.3, -0.25) is 0 Å². The molecule has 110 valence electrons. The highest BCUT2D eigenvalue weighted by atomic mass is 16.5. The third kappa shape index (κ3) is 3.12. The van der Waals surface area contributed by atoms with Crippen LogP contribution in [0.3, 0.4) is 0 Å². The number of rotatable bonds is 3. The van der Waals surface area contributed by atoms with E-state index in [1.54, 1.807) is 6.07 Å². The molecule has 0 bridgehead atoms. The van der Waals surface area contributed by atoms with E-state index in [-0.39, 0.29) is 12.1 Å². The van der Waals surface area contributed by atoms with Crippen molar-refractivity contribution in [3.63, 3.8) is 0 Å². The molecule has 1 aliphatic rings. The van der Waals surface area contributed by atoms with Crippen LogP contribution in [0.2, 0.25) is 0 Å². The Morgan fingerprint density at radius 2 is 2.00 bits per heavy atom. The fourth-order valence-electron chi connectivity index (χ4n) is 2.68. The number of carbonyl (C=O) groups excluding carboxylic acids is 1. The van der Waals surface area contributed by atoms with E-state index in [0.717, 1.165) is 13.0 Å². The summed E-state index contributed by atoms with van der Waals surface area (Å²) < 4.78 is 10.9. The molecule has 4 nitrogen and oxygen atoms in total. The third-order valence-corrected chi connectivity index (χ3v) is 4.11. The molecule has 1 aromatic carbocycles. The largest absolute Gasteiger partial charge is 0.489 e. The van der Waals surface area contributed by atoms with Gasteiger partial charge in [-0.15, -0.1) is 0 Å². The Morgan fingerprint density at radius 3 is 2.70 bits per heavy atom. The van der Waals surface area contributed by atoms with E-state index in [4.69, 9.17) is 9.47 Å². The molecule has 1 heterocycles. The molecular formula is C16H23NO3. The highest BCUT2D eigenvalue weighted by Crippen LogP contribution is 2.28. The Bertz CT molecular complexity index is 475. The summed E-state index contributed by atoms with van der Waals surface area (Å²) in [5.41, 5.74) is 0.494. The van der Waals surface area contributed by atoms with Crippen LogP contribution in [0, 0.1) is 5.92 Å². The van der Waals surface area contributed by atoms with Gasteiger partial charge in [0.15, 0.2) is 0 Å². The number of esters is 1. The summed E-state index contributed by atoms with van der Waals surface area (Å²) in [7, 11) is 3.53. The quantitative estimate of drug-likeness (QED) is 0.796. The molecule has 1 fully saturated rings. The highest BCUT2D eigenvalue weighted by Gasteiger charge is 2.31. The lowest BCUT2D eigenvalue weighted by atomic mass is 9.92. The van der Waals surface area contributed by atoms with Crippen molar-refractivity contribution >= 4 is 5.97 Å². The fraction of sp³-hybridized carbons (Fsp3) is 0.562. The molecule has 20 heavy (non-hydrogen) atoms. The van der Waals surface area contributed by atoms with Crippen molar-refractivity contribution in [3.8, 4) is 5.75 Å². The number of benzene rings is 1. The lowest BCUT2D eigenvalue weighted by Gasteiger charge is -2.39. The predicted molar refractivity (Wildman–Crippen MR) is 78.1 cm³/mol. The minimum absolute atomic E-state index is 0.131. The summed E-state index contributed by atoms with van der Waals surface area (Å²) in [5, 5.41) is 0. The number of hydrogen-bond acceptors (Lipinski definition) is 4. The number of nitrogens with zero attached hydrogens (tertiary/aromatic N) is 1. The molecule has 2 rings (SSSR count). The van der Waals surface area contributed by atoms with Crippen molar-refractivity contribution < 1.29 is 14.3 Å². The zero-order chi connectivity index (χ0) is 14.7. The molecule has 1 aliphatic heterocycles. The van der Waals surface area contributed by atoms with Crippen LogP contribution in [0.15, 0.2) is 24.3 Å². The van der Waals surface area contributed by atoms with Gasteiger partial charge in [-0.25, -0.2) is 4.79 Å². The number of hydrogen-bond donors (Lipinski definition) is 0. The standard InChI is InChI=1S/C16H23NO3/c1-11-10-17(3)12(2)9-15(11)20-14-8-6-5-7-13(14)16(18)19-4/h5-8,11-12,15H,9-10H2,1-4H3. The first-order chi connectivity index (χ1) is 9.52. The van der Waals surface area contributed by atoms with Gasteiger partial charge < -0.3 is 14.4 Å². The van der Waals surface area contributed by atoms with Gasteiger partial charge in [0.25, 0.3) is 0 Å².